The van der Waals surface area contributed by atoms with E-state index >= 15 is 0 Å². The predicted molar refractivity (Wildman–Crippen MR) is 102 cm³/mol. The van der Waals surface area contributed by atoms with Crippen molar-refractivity contribution in [3.63, 3.8) is 0 Å². The highest BCUT2D eigenvalue weighted by molar-refractivity contribution is 14.1. The molecule has 0 aliphatic carbocycles. The Labute approximate surface area is 159 Å². The number of aryl methyl sites for hydroxylation is 1. The van der Waals surface area contributed by atoms with Gasteiger partial charge in [0.15, 0.2) is 18.1 Å². The Morgan fingerprint density at radius 1 is 1.48 bits per heavy atom. The maximum absolute atomic E-state index is 11.5. The quantitative estimate of drug-likeness (QED) is 0.388. The van der Waals surface area contributed by atoms with Crippen LogP contribution < -0.4 is 15.2 Å². The summed E-state index contributed by atoms with van der Waals surface area (Å²) >= 11 is 2.11. The minimum Gasteiger partial charge on any atom is -0.493 e. The molecule has 134 valence electrons. The average Bonchev–Trinajstić information content (AvgIpc) is 2.89. The van der Waals surface area contributed by atoms with Crippen molar-refractivity contribution in [3.05, 3.63) is 33.2 Å². The monoisotopic (exact) mass is 458 g/mol. The second-order valence-corrected chi connectivity index (χ2v) is 6.12. The number of nitrogen functional groups attached to an aromatic ring is 1. The van der Waals surface area contributed by atoms with E-state index in [-0.39, 0.29) is 6.61 Å². The third kappa shape index (κ3) is 5.08. The molecule has 25 heavy (non-hydrogen) atoms. The van der Waals surface area contributed by atoms with Crippen LogP contribution in [0.5, 0.6) is 11.5 Å². The molecular weight excluding hydrogens is 439 g/mol. The fraction of sp³-hybridized carbons (Fsp3) is 0.312. The van der Waals surface area contributed by atoms with E-state index in [9.17, 15) is 4.79 Å². The maximum Gasteiger partial charge on any atom is 0.344 e. The molecule has 0 saturated carbocycles. The molecule has 0 amide bonds. The summed E-state index contributed by atoms with van der Waals surface area (Å²) in [5, 5.41) is 4.27. The number of benzene rings is 1. The highest BCUT2D eigenvalue weighted by atomic mass is 127. The number of carbonyl (C=O) groups excluding carboxylic acids is 1. The summed E-state index contributed by atoms with van der Waals surface area (Å²) in [6.45, 7) is 3.70. The van der Waals surface area contributed by atoms with Gasteiger partial charge in [0, 0.05) is 0 Å². The molecule has 0 atom stereocenters. The van der Waals surface area contributed by atoms with Gasteiger partial charge in [0.1, 0.15) is 0 Å². The summed E-state index contributed by atoms with van der Waals surface area (Å²) in [7, 11) is 1.53. The molecule has 0 aliphatic rings. The number of halogens is 1. The zero-order valence-corrected chi connectivity index (χ0v) is 16.3. The van der Waals surface area contributed by atoms with Gasteiger partial charge in [-0.25, -0.2) is 14.5 Å². The molecule has 8 nitrogen and oxygen atoms in total. The number of hydrogen-bond acceptors (Lipinski definition) is 7. The van der Waals surface area contributed by atoms with Crippen LogP contribution in [-0.2, 0) is 9.53 Å². The number of methoxy groups -OCH3 is 1. The number of carbonyl (C=O) groups is 1. The molecular formula is C16H19IN4O4. The predicted octanol–water partition coefficient (Wildman–Crippen LogP) is 2.21. The van der Waals surface area contributed by atoms with Gasteiger partial charge in [0.25, 0.3) is 0 Å². The molecule has 2 rings (SSSR count). The first kappa shape index (κ1) is 19.0. The van der Waals surface area contributed by atoms with E-state index < -0.39 is 5.97 Å². The van der Waals surface area contributed by atoms with Crippen molar-refractivity contribution in [2.45, 2.75) is 13.8 Å². The normalized spacial score (nSPS) is 10.9. The van der Waals surface area contributed by atoms with Crippen LogP contribution in [0.4, 0.5) is 5.95 Å². The van der Waals surface area contributed by atoms with Crippen molar-refractivity contribution in [2.24, 2.45) is 5.10 Å². The Hall–Kier alpha value is -2.30. The first-order chi connectivity index (χ1) is 11.9. The van der Waals surface area contributed by atoms with Gasteiger partial charge in [0.05, 0.1) is 35.4 Å². The van der Waals surface area contributed by atoms with Gasteiger partial charge in [-0.1, -0.05) is 0 Å². The molecule has 2 aromatic rings. The summed E-state index contributed by atoms with van der Waals surface area (Å²) in [6.07, 6.45) is 3.36. The minimum absolute atomic E-state index is 0.182. The highest BCUT2D eigenvalue weighted by Crippen LogP contribution is 2.33. The van der Waals surface area contributed by atoms with Crippen LogP contribution in [0.3, 0.4) is 0 Å². The summed E-state index contributed by atoms with van der Waals surface area (Å²) in [5.41, 5.74) is 7.33. The third-order valence-electron chi connectivity index (χ3n) is 3.06. The number of aromatic nitrogens is 2. The van der Waals surface area contributed by atoms with Crippen molar-refractivity contribution in [1.82, 2.24) is 9.66 Å². The van der Waals surface area contributed by atoms with Crippen molar-refractivity contribution < 1.29 is 19.0 Å². The van der Waals surface area contributed by atoms with Crippen molar-refractivity contribution >= 4 is 40.7 Å². The number of nitrogens with two attached hydrogens (primary N) is 1. The summed E-state index contributed by atoms with van der Waals surface area (Å²) in [4.78, 5) is 15.5. The Morgan fingerprint density at radius 3 is 2.84 bits per heavy atom. The van der Waals surface area contributed by atoms with E-state index in [2.05, 4.69) is 32.7 Å². The van der Waals surface area contributed by atoms with Crippen LogP contribution in [0.2, 0.25) is 0 Å². The summed E-state index contributed by atoms with van der Waals surface area (Å²) < 4.78 is 18.0. The molecule has 0 aliphatic heterocycles. The SMILES string of the molecule is CCOC(=O)COc1c(I)cc(C=Nn2cc(C)nc2N)cc1OC. The van der Waals surface area contributed by atoms with Crippen LogP contribution in [-0.4, -0.2) is 42.2 Å². The fourth-order valence-corrected chi connectivity index (χ4v) is 2.79. The first-order valence-corrected chi connectivity index (χ1v) is 8.54. The molecule has 1 heterocycles. The van der Waals surface area contributed by atoms with Crippen LogP contribution in [0.1, 0.15) is 18.2 Å². The van der Waals surface area contributed by atoms with Gasteiger partial charge >= 0.3 is 5.97 Å². The molecule has 1 aromatic heterocycles. The van der Waals surface area contributed by atoms with Crippen molar-refractivity contribution in [2.75, 3.05) is 26.1 Å². The molecule has 2 N–H and O–H groups in total. The van der Waals surface area contributed by atoms with Crippen molar-refractivity contribution in [3.8, 4) is 11.5 Å². The molecule has 0 unspecified atom stereocenters. The topological polar surface area (TPSA) is 101 Å². The van der Waals surface area contributed by atoms with Crippen LogP contribution in [0.15, 0.2) is 23.4 Å². The number of anilines is 1. The van der Waals surface area contributed by atoms with Gasteiger partial charge in [-0.05, 0) is 54.1 Å². The van der Waals surface area contributed by atoms with E-state index in [0.717, 1.165) is 14.8 Å². The summed E-state index contributed by atoms with van der Waals surface area (Å²) in [5.74, 6) is 0.848. The van der Waals surface area contributed by atoms with E-state index in [4.69, 9.17) is 19.9 Å². The van der Waals surface area contributed by atoms with Gasteiger partial charge in [-0.2, -0.15) is 5.10 Å². The van der Waals surface area contributed by atoms with Crippen LogP contribution >= 0.6 is 22.6 Å². The molecule has 0 spiro atoms. The largest absolute Gasteiger partial charge is 0.493 e. The molecule has 9 heteroatoms. The lowest BCUT2D eigenvalue weighted by Gasteiger charge is -2.13. The van der Waals surface area contributed by atoms with E-state index in [1.54, 1.807) is 25.4 Å². The minimum atomic E-state index is -0.433. The molecule has 1 aromatic carbocycles. The van der Waals surface area contributed by atoms with Gasteiger partial charge < -0.3 is 19.9 Å². The van der Waals surface area contributed by atoms with Gasteiger partial charge in [-0.15, -0.1) is 0 Å². The standard InChI is InChI=1S/C16H19IN4O4/c1-4-24-14(22)9-25-15-12(17)5-11(6-13(15)23-3)7-19-21-8-10(2)20-16(21)18/h5-8H,4,9H2,1-3H3,(H2,18,20). The second-order valence-electron chi connectivity index (χ2n) is 4.96. The lowest BCUT2D eigenvalue weighted by Crippen LogP contribution is -2.15. The Morgan fingerprint density at radius 2 is 2.24 bits per heavy atom. The number of nitrogens with zero attached hydrogens (tertiary/aromatic N) is 3. The Balaban J connectivity index is 2.20. The van der Waals surface area contributed by atoms with Gasteiger partial charge in [-0.3, -0.25) is 0 Å². The number of ether oxygens (including phenoxy) is 3. The molecule has 0 saturated heterocycles. The number of esters is 1. The Bertz CT molecular complexity index is 789. The van der Waals surface area contributed by atoms with E-state index in [1.807, 2.05) is 13.0 Å². The maximum atomic E-state index is 11.5. The number of hydrogen-bond donors (Lipinski definition) is 1. The van der Waals surface area contributed by atoms with E-state index in [1.165, 1.54) is 11.8 Å². The number of imidazole rings is 1. The molecule has 0 bridgehead atoms. The Kier molecular flexibility index (Phi) is 6.62. The smallest absolute Gasteiger partial charge is 0.344 e. The molecule has 0 radical (unpaired) electrons. The fourth-order valence-electron chi connectivity index (χ4n) is 2.01. The van der Waals surface area contributed by atoms with E-state index in [0.29, 0.717) is 24.1 Å². The summed E-state index contributed by atoms with van der Waals surface area (Å²) in [6, 6.07) is 3.61. The van der Waals surface area contributed by atoms with Crippen LogP contribution in [0.25, 0.3) is 0 Å². The second kappa shape index (κ2) is 8.70. The number of rotatable bonds is 7. The highest BCUT2D eigenvalue weighted by Gasteiger charge is 2.13. The lowest BCUT2D eigenvalue weighted by molar-refractivity contribution is -0.145. The zero-order chi connectivity index (χ0) is 18.4. The van der Waals surface area contributed by atoms with Crippen molar-refractivity contribution in [1.29, 1.82) is 0 Å². The molecule has 0 fully saturated rings. The zero-order valence-electron chi connectivity index (χ0n) is 14.2. The average molecular weight is 458 g/mol. The first-order valence-electron chi connectivity index (χ1n) is 7.46. The lowest BCUT2D eigenvalue weighted by atomic mass is 10.2. The van der Waals surface area contributed by atoms with Gasteiger partial charge in [0.2, 0.25) is 5.95 Å². The third-order valence-corrected chi connectivity index (χ3v) is 3.86. The van der Waals surface area contributed by atoms with Crippen LogP contribution in [0, 0.1) is 10.5 Å².